The van der Waals surface area contributed by atoms with E-state index in [9.17, 15) is 5.11 Å². The number of aliphatic hydroxyl groups excluding tert-OH is 1. The van der Waals surface area contributed by atoms with E-state index in [4.69, 9.17) is 5.26 Å². The molecule has 0 aromatic heterocycles. The largest absolute Gasteiger partial charge is 0.391 e. The number of fused-ring (bicyclic) bond motifs is 1. The van der Waals surface area contributed by atoms with Gasteiger partial charge in [0.2, 0.25) is 0 Å². The van der Waals surface area contributed by atoms with Crippen molar-refractivity contribution in [2.45, 2.75) is 50.3 Å². The Balaban J connectivity index is 2.02. The molecular weight excluding hydrogens is 164 g/mol. The number of hydrogen-bond acceptors (Lipinski definition) is 3. The number of nitrogens with one attached hydrogen (secondary N) is 1. The summed E-state index contributed by atoms with van der Waals surface area (Å²) in [5.41, 5.74) is 0. The average Bonchev–Trinajstić information content (AvgIpc) is 2.18. The van der Waals surface area contributed by atoms with Gasteiger partial charge in [0, 0.05) is 6.04 Å². The fourth-order valence-corrected chi connectivity index (χ4v) is 2.63. The quantitative estimate of drug-likeness (QED) is 0.579. The summed E-state index contributed by atoms with van der Waals surface area (Å²) in [5, 5.41) is 21.8. The van der Waals surface area contributed by atoms with E-state index in [1.807, 2.05) is 0 Å². The molecule has 2 rings (SSSR count). The Morgan fingerprint density at radius 1 is 1.23 bits per heavy atom. The van der Waals surface area contributed by atoms with Crippen LogP contribution in [0.4, 0.5) is 0 Å². The topological polar surface area (TPSA) is 56.0 Å². The molecule has 0 amide bonds. The van der Waals surface area contributed by atoms with Gasteiger partial charge in [0.25, 0.3) is 0 Å². The molecule has 1 heterocycles. The summed E-state index contributed by atoms with van der Waals surface area (Å²) in [6.45, 7) is 0. The van der Waals surface area contributed by atoms with Crippen LogP contribution in [0.3, 0.4) is 0 Å². The molecule has 2 aliphatic rings. The minimum Gasteiger partial charge on any atom is -0.391 e. The molecule has 4 atom stereocenters. The van der Waals surface area contributed by atoms with Crippen molar-refractivity contribution in [1.82, 2.24) is 5.32 Å². The summed E-state index contributed by atoms with van der Waals surface area (Å²) in [6.07, 6.45) is 5.08. The van der Waals surface area contributed by atoms with Gasteiger partial charge in [-0.05, 0) is 31.6 Å². The summed E-state index contributed by atoms with van der Waals surface area (Å²) < 4.78 is 0. The zero-order valence-corrected chi connectivity index (χ0v) is 7.74. The van der Waals surface area contributed by atoms with Gasteiger partial charge in [0.05, 0.1) is 18.2 Å². The third kappa shape index (κ3) is 1.70. The van der Waals surface area contributed by atoms with E-state index < -0.39 is 0 Å². The van der Waals surface area contributed by atoms with E-state index in [1.165, 1.54) is 6.42 Å². The Kier molecular flexibility index (Phi) is 2.52. The molecule has 0 bridgehead atoms. The SMILES string of the molecule is N#CC1CCC2CCCC(O)C2N1. The first-order valence-corrected chi connectivity index (χ1v) is 5.15. The Labute approximate surface area is 78.7 Å². The second-order valence-corrected chi connectivity index (χ2v) is 4.21. The van der Waals surface area contributed by atoms with Crippen molar-refractivity contribution in [2.24, 2.45) is 5.92 Å². The van der Waals surface area contributed by atoms with Crippen LogP contribution in [0.25, 0.3) is 0 Å². The Morgan fingerprint density at radius 3 is 2.85 bits per heavy atom. The Bertz CT molecular complexity index is 223. The molecule has 1 saturated heterocycles. The zero-order chi connectivity index (χ0) is 9.26. The summed E-state index contributed by atoms with van der Waals surface area (Å²) in [5.74, 6) is 0.605. The van der Waals surface area contributed by atoms with Crippen LogP contribution in [-0.4, -0.2) is 23.3 Å². The summed E-state index contributed by atoms with van der Waals surface area (Å²) in [4.78, 5) is 0. The minimum atomic E-state index is -0.227. The molecule has 0 radical (unpaired) electrons. The first-order chi connectivity index (χ1) is 6.31. The molecule has 13 heavy (non-hydrogen) atoms. The molecule has 1 saturated carbocycles. The third-order valence-corrected chi connectivity index (χ3v) is 3.37. The van der Waals surface area contributed by atoms with Crippen molar-refractivity contribution in [1.29, 1.82) is 5.26 Å². The van der Waals surface area contributed by atoms with Crippen molar-refractivity contribution < 1.29 is 5.11 Å². The molecule has 1 aliphatic heterocycles. The van der Waals surface area contributed by atoms with Gasteiger partial charge in [-0.25, -0.2) is 0 Å². The highest BCUT2D eigenvalue weighted by Gasteiger charge is 2.36. The second-order valence-electron chi connectivity index (χ2n) is 4.21. The first-order valence-electron chi connectivity index (χ1n) is 5.15. The predicted octanol–water partition coefficient (Wildman–Crippen LogP) is 0.792. The molecule has 0 spiro atoms. The highest BCUT2D eigenvalue weighted by Crippen LogP contribution is 2.32. The van der Waals surface area contributed by atoms with Crippen LogP contribution in [0.2, 0.25) is 0 Å². The third-order valence-electron chi connectivity index (χ3n) is 3.37. The molecule has 2 fully saturated rings. The van der Waals surface area contributed by atoms with Crippen LogP contribution in [0.15, 0.2) is 0 Å². The molecule has 72 valence electrons. The lowest BCUT2D eigenvalue weighted by Gasteiger charge is -2.41. The van der Waals surface area contributed by atoms with Gasteiger partial charge < -0.3 is 5.11 Å². The van der Waals surface area contributed by atoms with Crippen molar-refractivity contribution in [3.63, 3.8) is 0 Å². The minimum absolute atomic E-state index is 0.0333. The highest BCUT2D eigenvalue weighted by molar-refractivity contribution is 5.01. The fourth-order valence-electron chi connectivity index (χ4n) is 2.63. The molecule has 2 N–H and O–H groups in total. The predicted molar refractivity (Wildman–Crippen MR) is 48.9 cm³/mol. The summed E-state index contributed by atoms with van der Waals surface area (Å²) in [7, 11) is 0. The van der Waals surface area contributed by atoms with Crippen molar-refractivity contribution in [3.05, 3.63) is 0 Å². The number of nitriles is 1. The lowest BCUT2D eigenvalue weighted by Crippen LogP contribution is -2.54. The van der Waals surface area contributed by atoms with Gasteiger partial charge >= 0.3 is 0 Å². The van der Waals surface area contributed by atoms with E-state index in [2.05, 4.69) is 11.4 Å². The van der Waals surface area contributed by atoms with Gasteiger partial charge in [-0.3, -0.25) is 5.32 Å². The van der Waals surface area contributed by atoms with Crippen LogP contribution in [-0.2, 0) is 0 Å². The molecule has 1 aliphatic carbocycles. The van der Waals surface area contributed by atoms with Gasteiger partial charge in [-0.2, -0.15) is 5.26 Å². The highest BCUT2D eigenvalue weighted by atomic mass is 16.3. The van der Waals surface area contributed by atoms with Crippen LogP contribution in [0.5, 0.6) is 0 Å². The number of aliphatic hydroxyl groups is 1. The summed E-state index contributed by atoms with van der Waals surface area (Å²) >= 11 is 0. The number of nitrogens with zero attached hydrogens (tertiary/aromatic N) is 1. The van der Waals surface area contributed by atoms with Gasteiger partial charge in [-0.15, -0.1) is 0 Å². The number of rotatable bonds is 0. The smallest absolute Gasteiger partial charge is 0.0956 e. The van der Waals surface area contributed by atoms with Crippen LogP contribution in [0.1, 0.15) is 32.1 Å². The molecule has 0 aromatic carbocycles. The zero-order valence-electron chi connectivity index (χ0n) is 7.74. The maximum atomic E-state index is 9.75. The molecule has 4 unspecified atom stereocenters. The molecule has 0 aromatic rings. The van der Waals surface area contributed by atoms with Crippen LogP contribution in [0, 0.1) is 17.2 Å². The Morgan fingerprint density at radius 2 is 2.08 bits per heavy atom. The van der Waals surface area contributed by atoms with E-state index in [0.29, 0.717) is 5.92 Å². The molecular formula is C10H16N2O. The van der Waals surface area contributed by atoms with Crippen LogP contribution < -0.4 is 5.32 Å². The van der Waals surface area contributed by atoms with Crippen LogP contribution >= 0.6 is 0 Å². The molecule has 3 nitrogen and oxygen atoms in total. The van der Waals surface area contributed by atoms with Crippen molar-refractivity contribution in [3.8, 4) is 6.07 Å². The maximum absolute atomic E-state index is 9.75. The van der Waals surface area contributed by atoms with Gasteiger partial charge in [0.15, 0.2) is 0 Å². The van der Waals surface area contributed by atoms with Gasteiger partial charge in [0.1, 0.15) is 0 Å². The normalized spacial score (nSPS) is 44.9. The first kappa shape index (κ1) is 8.98. The van der Waals surface area contributed by atoms with E-state index in [0.717, 1.165) is 25.7 Å². The van der Waals surface area contributed by atoms with E-state index in [-0.39, 0.29) is 18.2 Å². The van der Waals surface area contributed by atoms with E-state index >= 15 is 0 Å². The standard InChI is InChI=1S/C10H16N2O/c11-6-8-5-4-7-2-1-3-9(13)10(7)12-8/h7-10,12-13H,1-5H2. The summed E-state index contributed by atoms with van der Waals surface area (Å²) in [6, 6.07) is 2.39. The molecule has 3 heteroatoms. The average molecular weight is 180 g/mol. The second kappa shape index (κ2) is 3.65. The fraction of sp³-hybridized carbons (Fsp3) is 0.900. The lowest BCUT2D eigenvalue weighted by molar-refractivity contribution is 0.0362. The number of piperidine rings is 1. The van der Waals surface area contributed by atoms with Crippen molar-refractivity contribution >= 4 is 0 Å². The van der Waals surface area contributed by atoms with Crippen molar-refractivity contribution in [2.75, 3.05) is 0 Å². The number of hydrogen-bond donors (Lipinski definition) is 2. The monoisotopic (exact) mass is 180 g/mol. The van der Waals surface area contributed by atoms with Gasteiger partial charge in [-0.1, -0.05) is 6.42 Å². The Hall–Kier alpha value is -0.590. The van der Waals surface area contributed by atoms with E-state index in [1.54, 1.807) is 0 Å². The maximum Gasteiger partial charge on any atom is 0.0956 e. The lowest BCUT2D eigenvalue weighted by atomic mass is 9.76.